The van der Waals surface area contributed by atoms with Crippen molar-refractivity contribution in [1.29, 1.82) is 0 Å². The Bertz CT molecular complexity index is 553. The summed E-state index contributed by atoms with van der Waals surface area (Å²) in [5.74, 6) is 0.293. The van der Waals surface area contributed by atoms with Gasteiger partial charge in [0.2, 0.25) is 5.91 Å². The van der Waals surface area contributed by atoms with E-state index in [0.717, 1.165) is 32.6 Å². The zero-order valence-corrected chi connectivity index (χ0v) is 13.9. The van der Waals surface area contributed by atoms with Crippen LogP contribution in [0.4, 0.5) is 5.69 Å². The van der Waals surface area contributed by atoms with Crippen LogP contribution in [-0.2, 0) is 9.53 Å². The molecular weight excluding hydrogens is 276 g/mol. The van der Waals surface area contributed by atoms with E-state index < -0.39 is 0 Å². The first-order chi connectivity index (χ1) is 10.6. The predicted molar refractivity (Wildman–Crippen MR) is 88.3 cm³/mol. The standard InChI is InChI=1S/C18H26N2O2/c1-4-18(12-22-13-18)17(21)20-10-8-19(9-11-20)16-7-5-6-14(2)15(16)3/h5-7H,4,8-13H2,1-3H3. The van der Waals surface area contributed by atoms with Gasteiger partial charge in [0.05, 0.1) is 18.6 Å². The van der Waals surface area contributed by atoms with E-state index in [2.05, 4.69) is 43.9 Å². The molecular formula is C18H26N2O2. The third kappa shape index (κ3) is 2.50. The predicted octanol–water partition coefficient (Wildman–Crippen LogP) is 2.38. The molecule has 0 aliphatic carbocycles. The monoisotopic (exact) mass is 302 g/mol. The lowest BCUT2D eigenvalue weighted by atomic mass is 9.81. The number of piperazine rings is 1. The van der Waals surface area contributed by atoms with Crippen molar-refractivity contribution in [2.45, 2.75) is 27.2 Å². The highest BCUT2D eigenvalue weighted by Crippen LogP contribution is 2.34. The summed E-state index contributed by atoms with van der Waals surface area (Å²) in [7, 11) is 0. The van der Waals surface area contributed by atoms with Gasteiger partial charge in [-0.1, -0.05) is 19.1 Å². The number of anilines is 1. The molecule has 2 fully saturated rings. The molecule has 4 heteroatoms. The van der Waals surface area contributed by atoms with Gasteiger partial charge in [-0.15, -0.1) is 0 Å². The molecule has 0 N–H and O–H groups in total. The maximum atomic E-state index is 12.7. The highest BCUT2D eigenvalue weighted by atomic mass is 16.5. The Morgan fingerprint density at radius 3 is 2.41 bits per heavy atom. The fourth-order valence-electron chi connectivity index (χ4n) is 3.39. The Morgan fingerprint density at radius 1 is 1.18 bits per heavy atom. The molecule has 22 heavy (non-hydrogen) atoms. The highest BCUT2D eigenvalue weighted by molar-refractivity contribution is 5.84. The molecule has 1 aromatic carbocycles. The number of hydrogen-bond acceptors (Lipinski definition) is 3. The summed E-state index contributed by atoms with van der Waals surface area (Å²) in [5, 5.41) is 0. The smallest absolute Gasteiger partial charge is 0.233 e. The van der Waals surface area contributed by atoms with Crippen LogP contribution in [0.1, 0.15) is 24.5 Å². The van der Waals surface area contributed by atoms with Crippen LogP contribution in [0.5, 0.6) is 0 Å². The molecule has 0 bridgehead atoms. The molecule has 2 aliphatic heterocycles. The molecule has 1 amide bonds. The van der Waals surface area contributed by atoms with Gasteiger partial charge < -0.3 is 14.5 Å². The second kappa shape index (κ2) is 5.92. The van der Waals surface area contributed by atoms with Crippen LogP contribution in [0.2, 0.25) is 0 Å². The van der Waals surface area contributed by atoms with E-state index in [0.29, 0.717) is 19.1 Å². The second-order valence-corrected chi connectivity index (χ2v) is 6.62. The van der Waals surface area contributed by atoms with E-state index >= 15 is 0 Å². The first-order valence-electron chi connectivity index (χ1n) is 8.26. The van der Waals surface area contributed by atoms with Crippen molar-refractivity contribution in [3.05, 3.63) is 29.3 Å². The summed E-state index contributed by atoms with van der Waals surface area (Å²) in [5.41, 5.74) is 3.75. The summed E-state index contributed by atoms with van der Waals surface area (Å²) >= 11 is 0. The summed E-state index contributed by atoms with van der Waals surface area (Å²) in [6.45, 7) is 11.1. The Hall–Kier alpha value is -1.55. The first-order valence-corrected chi connectivity index (χ1v) is 8.26. The summed E-state index contributed by atoms with van der Waals surface area (Å²) in [4.78, 5) is 17.2. The third-order valence-corrected chi connectivity index (χ3v) is 5.37. The lowest BCUT2D eigenvalue weighted by molar-refractivity contribution is -0.173. The minimum atomic E-state index is -0.235. The van der Waals surface area contributed by atoms with Gasteiger partial charge in [0.25, 0.3) is 0 Å². The lowest BCUT2D eigenvalue weighted by Gasteiger charge is -2.45. The van der Waals surface area contributed by atoms with Crippen LogP contribution < -0.4 is 4.90 Å². The van der Waals surface area contributed by atoms with Gasteiger partial charge in [-0.25, -0.2) is 0 Å². The number of rotatable bonds is 3. The van der Waals surface area contributed by atoms with Crippen LogP contribution in [0.25, 0.3) is 0 Å². The molecule has 4 nitrogen and oxygen atoms in total. The van der Waals surface area contributed by atoms with Crippen molar-refractivity contribution in [1.82, 2.24) is 4.90 Å². The number of ether oxygens (including phenoxy) is 1. The maximum Gasteiger partial charge on any atom is 0.233 e. The Morgan fingerprint density at radius 2 is 1.86 bits per heavy atom. The van der Waals surface area contributed by atoms with E-state index in [4.69, 9.17) is 4.74 Å². The van der Waals surface area contributed by atoms with E-state index in [-0.39, 0.29) is 5.41 Å². The molecule has 0 aromatic heterocycles. The molecule has 0 atom stereocenters. The average Bonchev–Trinajstić information content (AvgIpc) is 2.50. The van der Waals surface area contributed by atoms with Gasteiger partial charge >= 0.3 is 0 Å². The van der Waals surface area contributed by atoms with Crippen LogP contribution in [0.3, 0.4) is 0 Å². The summed E-state index contributed by atoms with van der Waals surface area (Å²) in [6.07, 6.45) is 0.878. The van der Waals surface area contributed by atoms with E-state index in [1.807, 2.05) is 4.90 Å². The van der Waals surface area contributed by atoms with Crippen molar-refractivity contribution in [2.75, 3.05) is 44.3 Å². The van der Waals surface area contributed by atoms with Crippen LogP contribution in [-0.4, -0.2) is 50.2 Å². The SMILES string of the molecule is CCC1(C(=O)N2CCN(c3cccc(C)c3C)CC2)COC1. The van der Waals surface area contributed by atoms with Gasteiger partial charge in [0.15, 0.2) is 0 Å². The Balaban J connectivity index is 1.65. The molecule has 1 aromatic rings. The average molecular weight is 302 g/mol. The lowest BCUT2D eigenvalue weighted by Crippen LogP contribution is -2.59. The fourth-order valence-corrected chi connectivity index (χ4v) is 3.39. The normalized spacial score (nSPS) is 20.7. The van der Waals surface area contributed by atoms with Gasteiger partial charge in [-0.05, 0) is 37.5 Å². The second-order valence-electron chi connectivity index (χ2n) is 6.62. The van der Waals surface area contributed by atoms with Crippen molar-refractivity contribution in [3.8, 4) is 0 Å². The van der Waals surface area contributed by atoms with E-state index in [1.54, 1.807) is 0 Å². The van der Waals surface area contributed by atoms with Crippen molar-refractivity contribution in [2.24, 2.45) is 5.41 Å². The van der Waals surface area contributed by atoms with Gasteiger partial charge in [-0.2, -0.15) is 0 Å². The first kappa shape index (κ1) is 15.3. The van der Waals surface area contributed by atoms with Gasteiger partial charge in [0, 0.05) is 31.9 Å². The van der Waals surface area contributed by atoms with Crippen molar-refractivity contribution in [3.63, 3.8) is 0 Å². The van der Waals surface area contributed by atoms with E-state index in [9.17, 15) is 4.79 Å². The van der Waals surface area contributed by atoms with Gasteiger partial charge in [0.1, 0.15) is 0 Å². The van der Waals surface area contributed by atoms with Gasteiger partial charge in [-0.3, -0.25) is 4.79 Å². The third-order valence-electron chi connectivity index (χ3n) is 5.37. The number of carbonyl (C=O) groups excluding carboxylic acids is 1. The number of nitrogens with zero attached hydrogens (tertiary/aromatic N) is 2. The number of benzene rings is 1. The molecule has 0 unspecified atom stereocenters. The van der Waals surface area contributed by atoms with Crippen LogP contribution in [0, 0.1) is 19.3 Å². The van der Waals surface area contributed by atoms with E-state index in [1.165, 1.54) is 16.8 Å². The molecule has 0 radical (unpaired) electrons. The molecule has 3 rings (SSSR count). The summed E-state index contributed by atoms with van der Waals surface area (Å²) in [6, 6.07) is 6.46. The maximum absolute atomic E-state index is 12.7. The Kier molecular flexibility index (Phi) is 4.13. The Labute approximate surface area is 133 Å². The molecule has 0 saturated carbocycles. The van der Waals surface area contributed by atoms with Crippen molar-refractivity contribution < 1.29 is 9.53 Å². The minimum Gasteiger partial charge on any atom is -0.379 e. The molecule has 2 heterocycles. The van der Waals surface area contributed by atoms with Crippen molar-refractivity contribution >= 4 is 11.6 Å². The molecule has 2 saturated heterocycles. The highest BCUT2D eigenvalue weighted by Gasteiger charge is 2.46. The molecule has 0 spiro atoms. The summed E-state index contributed by atoms with van der Waals surface area (Å²) < 4.78 is 5.30. The van der Waals surface area contributed by atoms with Crippen LogP contribution >= 0.6 is 0 Å². The number of aryl methyl sites for hydroxylation is 1. The largest absolute Gasteiger partial charge is 0.379 e. The number of hydrogen-bond donors (Lipinski definition) is 0. The molecule has 120 valence electrons. The topological polar surface area (TPSA) is 32.8 Å². The number of carbonyl (C=O) groups is 1. The zero-order chi connectivity index (χ0) is 15.7. The minimum absolute atomic E-state index is 0.235. The zero-order valence-electron chi connectivity index (χ0n) is 13.9. The fraction of sp³-hybridized carbons (Fsp3) is 0.611. The van der Waals surface area contributed by atoms with Crippen LogP contribution in [0.15, 0.2) is 18.2 Å². The quantitative estimate of drug-likeness (QED) is 0.859. The molecule has 2 aliphatic rings. The number of amides is 1.